The predicted octanol–water partition coefficient (Wildman–Crippen LogP) is 1.57. The normalized spacial score (nSPS) is 11.0. The van der Waals surface area contributed by atoms with Gasteiger partial charge in [0.15, 0.2) is 0 Å². The van der Waals surface area contributed by atoms with Gasteiger partial charge in [0.25, 0.3) is 0 Å². The molecule has 13 nitrogen and oxygen atoms in total. The van der Waals surface area contributed by atoms with Gasteiger partial charge in [0.2, 0.25) is 5.91 Å². The van der Waals surface area contributed by atoms with E-state index in [0.717, 1.165) is 5.75 Å². The number of hydrogen-bond donors (Lipinski definition) is 2. The third-order valence-electron chi connectivity index (χ3n) is 5.20. The molecule has 0 saturated heterocycles. The zero-order valence-electron chi connectivity index (χ0n) is 24.7. The Kier molecular flexibility index (Phi) is 27.0. The quantitative estimate of drug-likeness (QED) is 0.115. The summed E-state index contributed by atoms with van der Waals surface area (Å²) in [5.41, 5.74) is 0. The SMILES string of the molecule is O=C(O)CCC(=O)NCCCOCCOCCOCCOCCOCCOCCOCCOCCOc1ccccc1. The second kappa shape index (κ2) is 30.1. The van der Waals surface area contributed by atoms with Crippen molar-refractivity contribution in [2.75, 3.05) is 119 Å². The number of carbonyl (C=O) groups is 2. The lowest BCUT2D eigenvalue weighted by molar-refractivity contribution is -0.138. The van der Waals surface area contributed by atoms with Crippen molar-refractivity contribution >= 4 is 11.9 Å². The van der Waals surface area contributed by atoms with Crippen molar-refractivity contribution in [2.24, 2.45) is 0 Å². The molecule has 0 atom stereocenters. The van der Waals surface area contributed by atoms with E-state index in [1.54, 1.807) is 0 Å². The van der Waals surface area contributed by atoms with Crippen LogP contribution in [0.4, 0.5) is 0 Å². The summed E-state index contributed by atoms with van der Waals surface area (Å²) >= 11 is 0. The summed E-state index contributed by atoms with van der Waals surface area (Å²) in [7, 11) is 0. The molecule has 0 fully saturated rings. The number of carbonyl (C=O) groups excluding carboxylic acids is 1. The average Bonchev–Trinajstić information content (AvgIpc) is 2.99. The van der Waals surface area contributed by atoms with E-state index in [1.165, 1.54) is 0 Å². The van der Waals surface area contributed by atoms with Crippen LogP contribution in [0.2, 0.25) is 0 Å². The molecular formula is C29H49NO12. The molecule has 0 heterocycles. The first-order valence-corrected chi connectivity index (χ1v) is 14.5. The third kappa shape index (κ3) is 27.8. The van der Waals surface area contributed by atoms with Crippen LogP contribution in [-0.2, 0) is 47.5 Å². The van der Waals surface area contributed by atoms with Crippen molar-refractivity contribution in [3.05, 3.63) is 30.3 Å². The average molecular weight is 604 g/mol. The van der Waals surface area contributed by atoms with E-state index in [4.69, 9.17) is 47.7 Å². The molecule has 0 bridgehead atoms. The highest BCUT2D eigenvalue weighted by Crippen LogP contribution is 2.07. The monoisotopic (exact) mass is 603 g/mol. The largest absolute Gasteiger partial charge is 0.491 e. The van der Waals surface area contributed by atoms with E-state index in [9.17, 15) is 9.59 Å². The Morgan fingerprint density at radius 1 is 0.524 bits per heavy atom. The van der Waals surface area contributed by atoms with E-state index < -0.39 is 5.97 Å². The van der Waals surface area contributed by atoms with Gasteiger partial charge in [0.1, 0.15) is 12.4 Å². The zero-order chi connectivity index (χ0) is 30.2. The van der Waals surface area contributed by atoms with E-state index >= 15 is 0 Å². The van der Waals surface area contributed by atoms with E-state index in [-0.39, 0.29) is 18.7 Å². The fourth-order valence-corrected chi connectivity index (χ4v) is 3.09. The van der Waals surface area contributed by atoms with Gasteiger partial charge in [-0.1, -0.05) is 18.2 Å². The van der Waals surface area contributed by atoms with Gasteiger partial charge >= 0.3 is 5.97 Å². The Balaban J connectivity index is 1.64. The summed E-state index contributed by atoms with van der Waals surface area (Å²) in [6.07, 6.45) is 0.485. The molecule has 13 heteroatoms. The molecule has 0 aliphatic heterocycles. The second-order valence-electron chi connectivity index (χ2n) is 8.66. The Labute approximate surface area is 249 Å². The number of carboxylic acids is 1. The maximum Gasteiger partial charge on any atom is 0.303 e. The molecule has 42 heavy (non-hydrogen) atoms. The molecule has 0 aliphatic rings. The van der Waals surface area contributed by atoms with Crippen molar-refractivity contribution in [1.82, 2.24) is 5.32 Å². The summed E-state index contributed by atoms with van der Waals surface area (Å²) in [5.74, 6) is -0.409. The van der Waals surface area contributed by atoms with Crippen LogP contribution in [0.3, 0.4) is 0 Å². The molecule has 0 aromatic heterocycles. The summed E-state index contributed by atoms with van der Waals surface area (Å²) in [6.45, 7) is 8.81. The molecule has 0 radical (unpaired) electrons. The van der Waals surface area contributed by atoms with Crippen LogP contribution in [0.5, 0.6) is 5.75 Å². The van der Waals surface area contributed by atoms with Gasteiger partial charge < -0.3 is 53.1 Å². The number of para-hydroxylation sites is 1. The first-order chi connectivity index (χ1) is 20.7. The highest BCUT2D eigenvalue weighted by molar-refractivity contribution is 5.80. The maximum atomic E-state index is 11.3. The third-order valence-corrected chi connectivity index (χ3v) is 5.20. The van der Waals surface area contributed by atoms with Gasteiger partial charge in [0.05, 0.1) is 106 Å². The van der Waals surface area contributed by atoms with Crippen LogP contribution < -0.4 is 10.1 Å². The van der Waals surface area contributed by atoms with Crippen LogP contribution in [0.25, 0.3) is 0 Å². The number of aliphatic carboxylic acids is 1. The van der Waals surface area contributed by atoms with Gasteiger partial charge in [-0.25, -0.2) is 0 Å². The predicted molar refractivity (Wildman–Crippen MR) is 153 cm³/mol. The Hall–Kier alpha value is -2.36. The molecule has 242 valence electrons. The number of nitrogens with one attached hydrogen (secondary N) is 1. The van der Waals surface area contributed by atoms with Crippen molar-refractivity contribution in [2.45, 2.75) is 19.3 Å². The van der Waals surface area contributed by atoms with Gasteiger partial charge in [0, 0.05) is 19.6 Å². The molecule has 2 N–H and O–H groups in total. The minimum absolute atomic E-state index is 0.00773. The smallest absolute Gasteiger partial charge is 0.303 e. The first-order valence-electron chi connectivity index (χ1n) is 14.5. The Bertz CT molecular complexity index is 741. The molecule has 0 aliphatic carbocycles. The molecule has 1 aromatic carbocycles. The number of amides is 1. The van der Waals surface area contributed by atoms with E-state index in [0.29, 0.717) is 125 Å². The van der Waals surface area contributed by atoms with Crippen molar-refractivity contribution in [3.63, 3.8) is 0 Å². The van der Waals surface area contributed by atoms with Gasteiger partial charge in [-0.3, -0.25) is 9.59 Å². The van der Waals surface area contributed by atoms with Crippen molar-refractivity contribution in [1.29, 1.82) is 0 Å². The van der Waals surface area contributed by atoms with Crippen molar-refractivity contribution in [3.8, 4) is 5.75 Å². The number of carboxylic acid groups (broad SMARTS) is 1. The van der Waals surface area contributed by atoms with Crippen LogP contribution in [0.15, 0.2) is 30.3 Å². The summed E-state index contributed by atoms with van der Waals surface area (Å²) in [6, 6.07) is 9.64. The minimum Gasteiger partial charge on any atom is -0.491 e. The van der Waals surface area contributed by atoms with Crippen molar-refractivity contribution < 1.29 is 57.3 Å². The van der Waals surface area contributed by atoms with Gasteiger partial charge in [-0.05, 0) is 18.6 Å². The van der Waals surface area contributed by atoms with E-state index in [1.807, 2.05) is 30.3 Å². The highest BCUT2D eigenvalue weighted by Gasteiger charge is 2.04. The standard InChI is InChI=1S/C29H49NO12/c31-28(7-8-29(32)33)30-9-4-10-34-11-12-35-13-14-36-15-16-37-17-18-38-19-20-39-21-22-40-23-24-41-25-26-42-27-5-2-1-3-6-27/h1-3,5-6H,4,7-26H2,(H,30,31)(H,32,33). The molecular weight excluding hydrogens is 554 g/mol. The first kappa shape index (κ1) is 37.7. The fourth-order valence-electron chi connectivity index (χ4n) is 3.09. The molecule has 0 saturated carbocycles. The minimum atomic E-state index is -0.981. The summed E-state index contributed by atoms with van der Waals surface area (Å²) in [4.78, 5) is 21.7. The number of ether oxygens (including phenoxy) is 9. The van der Waals surface area contributed by atoms with Crippen LogP contribution >= 0.6 is 0 Å². The van der Waals surface area contributed by atoms with Gasteiger partial charge in [-0.15, -0.1) is 0 Å². The topological polar surface area (TPSA) is 149 Å². The molecule has 1 amide bonds. The number of benzene rings is 1. The van der Waals surface area contributed by atoms with Crippen LogP contribution in [-0.4, -0.2) is 136 Å². The highest BCUT2D eigenvalue weighted by atomic mass is 16.6. The summed E-state index contributed by atoms with van der Waals surface area (Å²) < 4.78 is 49.1. The van der Waals surface area contributed by atoms with E-state index in [2.05, 4.69) is 5.32 Å². The Morgan fingerprint density at radius 3 is 1.31 bits per heavy atom. The summed E-state index contributed by atoms with van der Waals surface area (Å²) in [5, 5.41) is 11.2. The molecule has 1 aromatic rings. The lowest BCUT2D eigenvalue weighted by Crippen LogP contribution is -2.25. The van der Waals surface area contributed by atoms with Gasteiger partial charge in [-0.2, -0.15) is 0 Å². The molecule has 0 spiro atoms. The van der Waals surface area contributed by atoms with Crippen LogP contribution in [0.1, 0.15) is 19.3 Å². The maximum absolute atomic E-state index is 11.3. The fraction of sp³-hybridized carbons (Fsp3) is 0.724. The Morgan fingerprint density at radius 2 is 0.905 bits per heavy atom. The number of hydrogen-bond acceptors (Lipinski definition) is 11. The lowest BCUT2D eigenvalue weighted by Gasteiger charge is -2.09. The second-order valence-corrected chi connectivity index (χ2v) is 8.66. The zero-order valence-corrected chi connectivity index (χ0v) is 24.7. The lowest BCUT2D eigenvalue weighted by atomic mass is 10.3. The molecule has 1 rings (SSSR count). The van der Waals surface area contributed by atoms with Crippen LogP contribution in [0, 0.1) is 0 Å². The molecule has 0 unspecified atom stereocenters. The number of rotatable bonds is 32.